The van der Waals surface area contributed by atoms with Crippen LogP contribution in [0.3, 0.4) is 0 Å². The number of nitrogens with one attached hydrogen (secondary N) is 1. The average Bonchev–Trinajstić information content (AvgIpc) is 2.38. The van der Waals surface area contributed by atoms with Gasteiger partial charge in [0.15, 0.2) is 0 Å². The minimum absolute atomic E-state index is 0.00730. The number of benzene rings is 1. The molecule has 0 fully saturated rings. The molecule has 0 spiro atoms. The van der Waals surface area contributed by atoms with E-state index in [-0.39, 0.29) is 17.3 Å². The highest BCUT2D eigenvalue weighted by molar-refractivity contribution is 9.10. The van der Waals surface area contributed by atoms with Gasteiger partial charge in [0, 0.05) is 17.2 Å². The van der Waals surface area contributed by atoms with Crippen LogP contribution in [-0.2, 0) is 16.6 Å². The summed E-state index contributed by atoms with van der Waals surface area (Å²) in [5.41, 5.74) is 6.41. The van der Waals surface area contributed by atoms with Gasteiger partial charge in [0.2, 0.25) is 10.0 Å². The van der Waals surface area contributed by atoms with Crippen molar-refractivity contribution in [1.82, 2.24) is 9.71 Å². The lowest BCUT2D eigenvalue weighted by atomic mass is 10.2. The van der Waals surface area contributed by atoms with E-state index in [2.05, 4.69) is 25.6 Å². The molecule has 2 aromatic rings. The monoisotopic (exact) mass is 341 g/mol. The summed E-state index contributed by atoms with van der Waals surface area (Å²) < 4.78 is 27.5. The number of pyridine rings is 1. The molecule has 0 aliphatic heterocycles. The zero-order chi connectivity index (χ0) is 13.9. The average molecular weight is 342 g/mol. The molecule has 5 nitrogen and oxygen atoms in total. The van der Waals surface area contributed by atoms with E-state index in [1.165, 1.54) is 18.3 Å². The Morgan fingerprint density at radius 1 is 1.21 bits per heavy atom. The van der Waals surface area contributed by atoms with E-state index >= 15 is 0 Å². The van der Waals surface area contributed by atoms with Gasteiger partial charge in [-0.15, -0.1) is 0 Å². The molecule has 1 heterocycles. The quantitative estimate of drug-likeness (QED) is 0.889. The molecule has 1 aromatic heterocycles. The minimum Gasteiger partial charge on any atom is -0.383 e. The standard InChI is InChI=1S/C12H12BrN3O2S/c13-10-5-3-9(4-6-10)8-16-19(17,18)11-2-1-7-15-12(11)14/h1-7,16H,8H2,(H2,14,15). The van der Waals surface area contributed by atoms with Crippen molar-refractivity contribution >= 4 is 31.8 Å². The van der Waals surface area contributed by atoms with E-state index in [1.807, 2.05) is 24.3 Å². The van der Waals surface area contributed by atoms with E-state index < -0.39 is 10.0 Å². The van der Waals surface area contributed by atoms with Gasteiger partial charge in [-0.25, -0.2) is 18.1 Å². The molecule has 0 saturated heterocycles. The first-order chi connectivity index (χ1) is 8.99. The van der Waals surface area contributed by atoms with Gasteiger partial charge in [-0.05, 0) is 29.8 Å². The Hall–Kier alpha value is -1.44. The van der Waals surface area contributed by atoms with Crippen LogP contribution in [0.2, 0.25) is 0 Å². The van der Waals surface area contributed by atoms with Crippen LogP contribution in [0.15, 0.2) is 52.0 Å². The van der Waals surface area contributed by atoms with Crippen molar-refractivity contribution in [1.29, 1.82) is 0 Å². The lowest BCUT2D eigenvalue weighted by Crippen LogP contribution is -2.24. The highest BCUT2D eigenvalue weighted by atomic mass is 79.9. The third kappa shape index (κ3) is 3.52. The van der Waals surface area contributed by atoms with Crippen molar-refractivity contribution in [3.63, 3.8) is 0 Å². The topological polar surface area (TPSA) is 85.1 Å². The number of halogens is 1. The van der Waals surface area contributed by atoms with Gasteiger partial charge in [0.1, 0.15) is 10.7 Å². The van der Waals surface area contributed by atoms with Crippen LogP contribution in [0.1, 0.15) is 5.56 Å². The zero-order valence-corrected chi connectivity index (χ0v) is 12.3. The van der Waals surface area contributed by atoms with E-state index in [1.54, 1.807) is 0 Å². The Bertz CT molecular complexity index is 672. The van der Waals surface area contributed by atoms with Crippen LogP contribution in [0.4, 0.5) is 5.82 Å². The fourth-order valence-corrected chi connectivity index (χ4v) is 2.85. The second-order valence-corrected chi connectivity index (χ2v) is 6.49. The maximum absolute atomic E-state index is 12.1. The Balaban J connectivity index is 2.14. The lowest BCUT2D eigenvalue weighted by Gasteiger charge is -2.08. The summed E-state index contributed by atoms with van der Waals surface area (Å²) in [6.07, 6.45) is 1.45. The van der Waals surface area contributed by atoms with Crippen LogP contribution < -0.4 is 10.5 Å². The molecule has 7 heteroatoms. The maximum Gasteiger partial charge on any atom is 0.244 e. The molecular weight excluding hydrogens is 330 g/mol. The number of anilines is 1. The van der Waals surface area contributed by atoms with Gasteiger partial charge in [-0.1, -0.05) is 28.1 Å². The highest BCUT2D eigenvalue weighted by Crippen LogP contribution is 2.15. The summed E-state index contributed by atoms with van der Waals surface area (Å²) in [6, 6.07) is 10.3. The molecule has 2 rings (SSSR count). The van der Waals surface area contributed by atoms with Gasteiger partial charge < -0.3 is 5.73 Å². The maximum atomic E-state index is 12.1. The Morgan fingerprint density at radius 2 is 1.89 bits per heavy atom. The molecule has 0 bridgehead atoms. The molecule has 0 radical (unpaired) electrons. The van der Waals surface area contributed by atoms with Crippen molar-refractivity contribution in [2.45, 2.75) is 11.4 Å². The fraction of sp³-hybridized carbons (Fsp3) is 0.0833. The molecule has 0 saturated carbocycles. The second-order valence-electron chi connectivity index (χ2n) is 3.84. The van der Waals surface area contributed by atoms with Crippen LogP contribution >= 0.6 is 15.9 Å². The molecule has 0 aliphatic rings. The Labute approximate surface area is 120 Å². The third-order valence-electron chi connectivity index (χ3n) is 2.47. The van der Waals surface area contributed by atoms with E-state index in [9.17, 15) is 8.42 Å². The summed E-state index contributed by atoms with van der Waals surface area (Å²) in [6.45, 7) is 0.198. The molecule has 0 atom stereocenters. The Morgan fingerprint density at radius 3 is 2.53 bits per heavy atom. The number of sulfonamides is 1. The number of rotatable bonds is 4. The van der Waals surface area contributed by atoms with Crippen molar-refractivity contribution in [2.24, 2.45) is 0 Å². The predicted molar refractivity (Wildman–Crippen MR) is 76.8 cm³/mol. The minimum atomic E-state index is -3.65. The molecule has 0 unspecified atom stereocenters. The van der Waals surface area contributed by atoms with Crippen LogP contribution in [0.5, 0.6) is 0 Å². The van der Waals surface area contributed by atoms with E-state index in [0.717, 1.165) is 10.0 Å². The largest absolute Gasteiger partial charge is 0.383 e. The van der Waals surface area contributed by atoms with Gasteiger partial charge in [-0.3, -0.25) is 0 Å². The van der Waals surface area contributed by atoms with Gasteiger partial charge in [-0.2, -0.15) is 0 Å². The molecule has 3 N–H and O–H groups in total. The zero-order valence-electron chi connectivity index (χ0n) is 9.88. The number of hydrogen-bond acceptors (Lipinski definition) is 4. The lowest BCUT2D eigenvalue weighted by molar-refractivity contribution is 0.581. The number of nitrogens with two attached hydrogens (primary N) is 1. The Kier molecular flexibility index (Phi) is 4.18. The number of nitrogen functional groups attached to an aromatic ring is 1. The van der Waals surface area contributed by atoms with Gasteiger partial charge in [0.05, 0.1) is 0 Å². The van der Waals surface area contributed by atoms with Crippen LogP contribution in [0.25, 0.3) is 0 Å². The van der Waals surface area contributed by atoms with Crippen molar-refractivity contribution < 1.29 is 8.42 Å². The smallest absolute Gasteiger partial charge is 0.244 e. The van der Waals surface area contributed by atoms with Crippen molar-refractivity contribution in [3.8, 4) is 0 Å². The van der Waals surface area contributed by atoms with E-state index in [0.29, 0.717) is 0 Å². The molecular formula is C12H12BrN3O2S. The van der Waals surface area contributed by atoms with Crippen molar-refractivity contribution in [2.75, 3.05) is 5.73 Å². The SMILES string of the molecule is Nc1ncccc1S(=O)(=O)NCc1ccc(Br)cc1. The summed E-state index contributed by atoms with van der Waals surface area (Å²) in [4.78, 5) is 3.76. The predicted octanol–water partition coefficient (Wildman–Crippen LogP) is 1.90. The van der Waals surface area contributed by atoms with Crippen molar-refractivity contribution in [3.05, 3.63) is 52.6 Å². The summed E-state index contributed by atoms with van der Waals surface area (Å²) in [5, 5.41) is 0. The molecule has 1 aromatic carbocycles. The highest BCUT2D eigenvalue weighted by Gasteiger charge is 2.17. The first-order valence-corrected chi connectivity index (χ1v) is 7.71. The van der Waals surface area contributed by atoms with Gasteiger partial charge >= 0.3 is 0 Å². The summed E-state index contributed by atoms with van der Waals surface area (Å²) >= 11 is 3.32. The number of aromatic nitrogens is 1. The molecule has 100 valence electrons. The third-order valence-corrected chi connectivity index (χ3v) is 4.45. The summed E-state index contributed by atoms with van der Waals surface area (Å²) in [7, 11) is -3.65. The summed E-state index contributed by atoms with van der Waals surface area (Å²) in [5.74, 6) is -0.00851. The first-order valence-electron chi connectivity index (χ1n) is 5.43. The number of hydrogen-bond donors (Lipinski definition) is 2. The van der Waals surface area contributed by atoms with Gasteiger partial charge in [0.25, 0.3) is 0 Å². The normalized spacial score (nSPS) is 11.4. The van der Waals surface area contributed by atoms with E-state index in [4.69, 9.17) is 5.73 Å². The first kappa shape index (κ1) is 14.0. The van der Waals surface area contributed by atoms with Crippen LogP contribution in [-0.4, -0.2) is 13.4 Å². The molecule has 0 aliphatic carbocycles. The van der Waals surface area contributed by atoms with Crippen LogP contribution in [0, 0.1) is 0 Å². The molecule has 19 heavy (non-hydrogen) atoms. The second kappa shape index (κ2) is 5.68. The number of nitrogens with zero attached hydrogens (tertiary/aromatic N) is 1. The fourth-order valence-electron chi connectivity index (χ4n) is 1.49. The molecule has 0 amide bonds.